The van der Waals surface area contributed by atoms with Crippen molar-refractivity contribution in [3.63, 3.8) is 0 Å². The van der Waals surface area contributed by atoms with E-state index in [1.807, 2.05) is 26.0 Å². The summed E-state index contributed by atoms with van der Waals surface area (Å²) in [4.78, 5) is 35.8. The zero-order valence-corrected chi connectivity index (χ0v) is 15.8. The number of ether oxygens (including phenoxy) is 2. The third-order valence-electron chi connectivity index (χ3n) is 3.63. The SMILES string of the molecule is CCOc1ccccc1C(=O)NCC(=O)NNC(=O)COc1ccccc1C. The molecule has 3 N–H and O–H groups in total. The molecule has 0 bridgehead atoms. The molecule has 2 aromatic carbocycles. The smallest absolute Gasteiger partial charge is 0.276 e. The van der Waals surface area contributed by atoms with Gasteiger partial charge in [0.15, 0.2) is 6.61 Å². The van der Waals surface area contributed by atoms with Crippen molar-refractivity contribution in [2.45, 2.75) is 13.8 Å². The molecule has 8 heteroatoms. The minimum Gasteiger partial charge on any atom is -0.493 e. The molecule has 0 saturated carbocycles. The second-order valence-corrected chi connectivity index (χ2v) is 5.76. The number of rotatable bonds is 8. The highest BCUT2D eigenvalue weighted by atomic mass is 16.5. The van der Waals surface area contributed by atoms with Crippen molar-refractivity contribution < 1.29 is 23.9 Å². The van der Waals surface area contributed by atoms with Crippen LogP contribution in [0.4, 0.5) is 0 Å². The van der Waals surface area contributed by atoms with Crippen molar-refractivity contribution in [3.05, 3.63) is 59.7 Å². The number of hydrazine groups is 1. The molecule has 0 aromatic heterocycles. The fraction of sp³-hybridized carbons (Fsp3) is 0.250. The molecule has 0 aliphatic rings. The summed E-state index contributed by atoms with van der Waals surface area (Å²) < 4.78 is 10.8. The van der Waals surface area contributed by atoms with Crippen LogP contribution in [0.5, 0.6) is 11.5 Å². The van der Waals surface area contributed by atoms with Crippen LogP contribution in [0.15, 0.2) is 48.5 Å². The van der Waals surface area contributed by atoms with Gasteiger partial charge >= 0.3 is 0 Å². The van der Waals surface area contributed by atoms with Crippen LogP contribution in [0.1, 0.15) is 22.8 Å². The summed E-state index contributed by atoms with van der Waals surface area (Å²) in [5.74, 6) is -0.529. The Balaban J connectivity index is 1.73. The van der Waals surface area contributed by atoms with Crippen molar-refractivity contribution >= 4 is 17.7 Å². The summed E-state index contributed by atoms with van der Waals surface area (Å²) in [6, 6.07) is 14.0. The average molecular weight is 385 g/mol. The molecule has 0 fully saturated rings. The zero-order chi connectivity index (χ0) is 20.4. The normalized spacial score (nSPS) is 9.93. The second-order valence-electron chi connectivity index (χ2n) is 5.76. The van der Waals surface area contributed by atoms with E-state index in [2.05, 4.69) is 16.2 Å². The number of para-hydroxylation sites is 2. The lowest BCUT2D eigenvalue weighted by atomic mass is 10.2. The van der Waals surface area contributed by atoms with Gasteiger partial charge in [0.25, 0.3) is 17.7 Å². The van der Waals surface area contributed by atoms with Crippen LogP contribution in [-0.4, -0.2) is 37.5 Å². The quantitative estimate of drug-likeness (QED) is 0.595. The first-order valence-electron chi connectivity index (χ1n) is 8.77. The van der Waals surface area contributed by atoms with E-state index >= 15 is 0 Å². The van der Waals surface area contributed by atoms with Crippen LogP contribution < -0.4 is 25.6 Å². The molecule has 0 aliphatic heterocycles. The summed E-state index contributed by atoms with van der Waals surface area (Å²) in [5.41, 5.74) is 5.67. The lowest BCUT2D eigenvalue weighted by Gasteiger charge is -2.12. The highest BCUT2D eigenvalue weighted by molar-refractivity contribution is 5.98. The van der Waals surface area contributed by atoms with E-state index in [1.54, 1.807) is 36.4 Å². The van der Waals surface area contributed by atoms with Gasteiger partial charge in [-0.15, -0.1) is 0 Å². The summed E-state index contributed by atoms with van der Waals surface area (Å²) in [6.45, 7) is 3.54. The molecule has 28 heavy (non-hydrogen) atoms. The standard InChI is InChI=1S/C20H23N3O5/c1-3-27-17-11-7-5-9-15(17)20(26)21-12-18(24)22-23-19(25)13-28-16-10-6-4-8-14(16)2/h4-11H,3,12-13H2,1-2H3,(H,21,26)(H,22,24)(H,23,25). The van der Waals surface area contributed by atoms with Crippen LogP contribution in [0.3, 0.4) is 0 Å². The van der Waals surface area contributed by atoms with Crippen molar-refractivity contribution in [3.8, 4) is 11.5 Å². The van der Waals surface area contributed by atoms with Crippen LogP contribution in [0, 0.1) is 6.92 Å². The van der Waals surface area contributed by atoms with E-state index in [0.717, 1.165) is 5.56 Å². The Morgan fingerprint density at radius 3 is 2.21 bits per heavy atom. The van der Waals surface area contributed by atoms with Crippen LogP contribution in [0.2, 0.25) is 0 Å². The summed E-state index contributed by atoms with van der Waals surface area (Å²) in [6.07, 6.45) is 0. The fourth-order valence-corrected chi connectivity index (χ4v) is 2.27. The largest absolute Gasteiger partial charge is 0.493 e. The average Bonchev–Trinajstić information content (AvgIpc) is 2.70. The first kappa shape index (κ1) is 20.8. The third kappa shape index (κ3) is 6.31. The van der Waals surface area contributed by atoms with Gasteiger partial charge in [-0.1, -0.05) is 30.3 Å². The van der Waals surface area contributed by atoms with Gasteiger partial charge in [-0.2, -0.15) is 0 Å². The van der Waals surface area contributed by atoms with E-state index in [4.69, 9.17) is 9.47 Å². The van der Waals surface area contributed by atoms with Crippen LogP contribution in [0.25, 0.3) is 0 Å². The number of carbonyl (C=O) groups is 3. The number of benzene rings is 2. The minimum absolute atomic E-state index is 0.251. The summed E-state index contributed by atoms with van der Waals surface area (Å²) in [7, 11) is 0. The van der Waals surface area contributed by atoms with E-state index < -0.39 is 17.7 Å². The van der Waals surface area contributed by atoms with Gasteiger partial charge in [-0.05, 0) is 37.6 Å². The molecule has 148 valence electrons. The van der Waals surface area contributed by atoms with Crippen molar-refractivity contribution in [2.24, 2.45) is 0 Å². The van der Waals surface area contributed by atoms with Gasteiger partial charge in [0.1, 0.15) is 11.5 Å². The summed E-state index contributed by atoms with van der Waals surface area (Å²) in [5, 5.41) is 2.47. The first-order valence-corrected chi connectivity index (χ1v) is 8.77. The Morgan fingerprint density at radius 2 is 1.50 bits per heavy atom. The molecular formula is C20H23N3O5. The lowest BCUT2D eigenvalue weighted by molar-refractivity contribution is -0.129. The molecule has 0 radical (unpaired) electrons. The number of hydrogen-bond donors (Lipinski definition) is 3. The molecule has 0 aliphatic carbocycles. The molecule has 0 unspecified atom stereocenters. The number of aryl methyl sites for hydroxylation is 1. The number of carbonyl (C=O) groups excluding carboxylic acids is 3. The van der Waals surface area contributed by atoms with Gasteiger partial charge in [-0.3, -0.25) is 25.2 Å². The van der Waals surface area contributed by atoms with Gasteiger partial charge in [-0.25, -0.2) is 0 Å². The highest BCUT2D eigenvalue weighted by Crippen LogP contribution is 2.17. The number of nitrogens with one attached hydrogen (secondary N) is 3. The third-order valence-corrected chi connectivity index (χ3v) is 3.63. The van der Waals surface area contributed by atoms with E-state index in [9.17, 15) is 14.4 Å². The maximum Gasteiger partial charge on any atom is 0.276 e. The minimum atomic E-state index is -0.577. The second kappa shape index (κ2) is 10.6. The first-order chi connectivity index (χ1) is 13.5. The maximum absolute atomic E-state index is 12.2. The van der Waals surface area contributed by atoms with E-state index in [1.165, 1.54) is 0 Å². The molecule has 8 nitrogen and oxygen atoms in total. The molecule has 0 atom stereocenters. The highest BCUT2D eigenvalue weighted by Gasteiger charge is 2.13. The number of hydrogen-bond acceptors (Lipinski definition) is 5. The van der Waals surface area contributed by atoms with Crippen LogP contribution in [-0.2, 0) is 9.59 Å². The van der Waals surface area contributed by atoms with Crippen molar-refractivity contribution in [1.82, 2.24) is 16.2 Å². The Bertz CT molecular complexity index is 838. The molecule has 0 heterocycles. The number of amides is 3. The Morgan fingerprint density at radius 1 is 0.857 bits per heavy atom. The topological polar surface area (TPSA) is 106 Å². The predicted molar refractivity (Wildman–Crippen MR) is 103 cm³/mol. The fourth-order valence-electron chi connectivity index (χ4n) is 2.27. The van der Waals surface area contributed by atoms with Gasteiger partial charge in [0.2, 0.25) is 0 Å². The van der Waals surface area contributed by atoms with Crippen LogP contribution >= 0.6 is 0 Å². The Kier molecular flexibility index (Phi) is 7.83. The molecule has 2 aromatic rings. The molecule has 0 spiro atoms. The Hall–Kier alpha value is -3.55. The summed E-state index contributed by atoms with van der Waals surface area (Å²) >= 11 is 0. The molecule has 2 rings (SSSR count). The predicted octanol–water partition coefficient (Wildman–Crippen LogP) is 1.35. The van der Waals surface area contributed by atoms with Gasteiger partial charge in [0.05, 0.1) is 18.7 Å². The molecule has 0 saturated heterocycles. The monoisotopic (exact) mass is 385 g/mol. The van der Waals surface area contributed by atoms with Crippen molar-refractivity contribution in [2.75, 3.05) is 19.8 Å². The maximum atomic E-state index is 12.2. The molecular weight excluding hydrogens is 362 g/mol. The van der Waals surface area contributed by atoms with E-state index in [0.29, 0.717) is 23.7 Å². The van der Waals surface area contributed by atoms with Gasteiger partial charge in [0, 0.05) is 0 Å². The van der Waals surface area contributed by atoms with Crippen molar-refractivity contribution in [1.29, 1.82) is 0 Å². The van der Waals surface area contributed by atoms with Gasteiger partial charge < -0.3 is 14.8 Å². The van der Waals surface area contributed by atoms with E-state index in [-0.39, 0.29) is 13.2 Å². The lowest BCUT2D eigenvalue weighted by Crippen LogP contribution is -2.47. The Labute approximate surface area is 163 Å². The zero-order valence-electron chi connectivity index (χ0n) is 15.8. The molecule has 3 amide bonds.